The second-order valence-corrected chi connectivity index (χ2v) is 4.23. The van der Waals surface area contributed by atoms with Crippen LogP contribution in [0, 0.1) is 0 Å². The molecule has 1 heterocycles. The molecule has 0 aliphatic carbocycles. The van der Waals surface area contributed by atoms with Crippen LogP contribution < -0.4 is 5.32 Å². The van der Waals surface area contributed by atoms with Crippen LogP contribution in [0.15, 0.2) is 21.2 Å². The smallest absolute Gasteiger partial charge is 0.134 e. The van der Waals surface area contributed by atoms with Crippen molar-refractivity contribution in [1.29, 1.82) is 0 Å². The number of furan rings is 1. The van der Waals surface area contributed by atoms with Gasteiger partial charge in [0.1, 0.15) is 5.76 Å². The summed E-state index contributed by atoms with van der Waals surface area (Å²) < 4.78 is 11.5. The second-order valence-electron chi connectivity index (χ2n) is 3.38. The van der Waals surface area contributed by atoms with Crippen molar-refractivity contribution in [3.63, 3.8) is 0 Å². The molecule has 0 saturated carbocycles. The van der Waals surface area contributed by atoms with Gasteiger partial charge in [0, 0.05) is 13.7 Å². The van der Waals surface area contributed by atoms with Gasteiger partial charge >= 0.3 is 0 Å². The van der Waals surface area contributed by atoms with Crippen molar-refractivity contribution in [3.05, 3.63) is 22.6 Å². The number of methoxy groups -OCH3 is 1. The molecule has 1 aromatic heterocycles. The molecule has 0 aromatic carbocycles. The topological polar surface area (TPSA) is 34.4 Å². The summed E-state index contributed by atoms with van der Waals surface area (Å²) >= 11 is 3.48. The molecule has 15 heavy (non-hydrogen) atoms. The zero-order valence-corrected chi connectivity index (χ0v) is 10.8. The third-order valence-electron chi connectivity index (χ3n) is 2.25. The molecule has 1 aromatic rings. The number of hydrogen-bond donors (Lipinski definition) is 1. The van der Waals surface area contributed by atoms with E-state index < -0.39 is 0 Å². The summed E-state index contributed by atoms with van der Waals surface area (Å²) in [6, 6.07) is 2.20. The van der Waals surface area contributed by atoms with Crippen LogP contribution in [0.25, 0.3) is 0 Å². The lowest BCUT2D eigenvalue weighted by atomic mass is 10.1. The van der Waals surface area contributed by atoms with Crippen LogP contribution in [0.4, 0.5) is 0 Å². The van der Waals surface area contributed by atoms with Crippen molar-refractivity contribution in [2.45, 2.75) is 25.8 Å². The summed E-state index contributed by atoms with van der Waals surface area (Å²) in [5, 5.41) is 3.41. The SMILES string of the molecule is CCNC(CCCOC)c1occc1Br. The highest BCUT2D eigenvalue weighted by Crippen LogP contribution is 2.27. The molecule has 0 aliphatic rings. The van der Waals surface area contributed by atoms with Crippen molar-refractivity contribution in [3.8, 4) is 0 Å². The molecule has 1 atom stereocenters. The van der Waals surface area contributed by atoms with Crippen LogP contribution >= 0.6 is 15.9 Å². The van der Waals surface area contributed by atoms with E-state index in [1.54, 1.807) is 13.4 Å². The predicted molar refractivity (Wildman–Crippen MR) is 63.9 cm³/mol. The van der Waals surface area contributed by atoms with E-state index in [9.17, 15) is 0 Å². The Morgan fingerprint density at radius 1 is 1.60 bits per heavy atom. The first-order chi connectivity index (χ1) is 7.29. The first-order valence-corrected chi connectivity index (χ1v) is 6.04. The molecular formula is C11H18BrNO2. The number of hydrogen-bond acceptors (Lipinski definition) is 3. The summed E-state index contributed by atoms with van der Waals surface area (Å²) in [6.07, 6.45) is 3.76. The molecule has 0 spiro atoms. The third-order valence-corrected chi connectivity index (χ3v) is 2.91. The largest absolute Gasteiger partial charge is 0.466 e. The fourth-order valence-corrected chi connectivity index (χ4v) is 2.04. The maximum absolute atomic E-state index is 5.46. The zero-order valence-electron chi connectivity index (χ0n) is 9.25. The number of nitrogens with one attached hydrogen (secondary N) is 1. The molecule has 1 rings (SSSR count). The van der Waals surface area contributed by atoms with Gasteiger partial charge in [0.05, 0.1) is 16.8 Å². The van der Waals surface area contributed by atoms with Gasteiger partial charge in [0.2, 0.25) is 0 Å². The molecule has 1 unspecified atom stereocenters. The molecular weight excluding hydrogens is 258 g/mol. The second kappa shape index (κ2) is 7.04. The number of rotatable bonds is 7. The monoisotopic (exact) mass is 275 g/mol. The van der Waals surface area contributed by atoms with Gasteiger partial charge in [-0.15, -0.1) is 0 Å². The van der Waals surface area contributed by atoms with E-state index in [0.717, 1.165) is 36.2 Å². The lowest BCUT2D eigenvalue weighted by Crippen LogP contribution is -2.21. The minimum absolute atomic E-state index is 0.273. The lowest BCUT2D eigenvalue weighted by molar-refractivity contribution is 0.187. The van der Waals surface area contributed by atoms with Gasteiger partial charge in [-0.05, 0) is 41.4 Å². The Hall–Kier alpha value is -0.320. The van der Waals surface area contributed by atoms with Crippen LogP contribution in [0.1, 0.15) is 31.6 Å². The average Bonchev–Trinajstić information content (AvgIpc) is 2.64. The van der Waals surface area contributed by atoms with Gasteiger partial charge in [-0.1, -0.05) is 6.92 Å². The van der Waals surface area contributed by atoms with Crippen molar-refractivity contribution in [2.75, 3.05) is 20.3 Å². The minimum Gasteiger partial charge on any atom is -0.466 e. The van der Waals surface area contributed by atoms with E-state index in [2.05, 4.69) is 28.2 Å². The average molecular weight is 276 g/mol. The zero-order chi connectivity index (χ0) is 11.1. The van der Waals surface area contributed by atoms with Crippen molar-refractivity contribution in [1.82, 2.24) is 5.32 Å². The van der Waals surface area contributed by atoms with Gasteiger partial charge < -0.3 is 14.5 Å². The highest BCUT2D eigenvalue weighted by molar-refractivity contribution is 9.10. The highest BCUT2D eigenvalue weighted by atomic mass is 79.9. The Balaban J connectivity index is 2.53. The summed E-state index contributed by atoms with van der Waals surface area (Å²) in [6.45, 7) is 3.82. The molecule has 4 heteroatoms. The first kappa shape index (κ1) is 12.7. The number of halogens is 1. The van der Waals surface area contributed by atoms with Gasteiger partial charge in [-0.3, -0.25) is 0 Å². The fraction of sp³-hybridized carbons (Fsp3) is 0.636. The molecule has 3 nitrogen and oxygen atoms in total. The summed E-state index contributed by atoms with van der Waals surface area (Å²) in [5.74, 6) is 0.980. The van der Waals surface area contributed by atoms with Gasteiger partial charge in [-0.25, -0.2) is 0 Å². The Kier molecular flexibility index (Phi) is 5.98. The predicted octanol–water partition coefficient (Wildman–Crippen LogP) is 3.12. The Bertz CT molecular complexity index is 275. The van der Waals surface area contributed by atoms with E-state index in [0.29, 0.717) is 0 Å². The lowest BCUT2D eigenvalue weighted by Gasteiger charge is -2.15. The van der Waals surface area contributed by atoms with Crippen molar-refractivity contribution in [2.24, 2.45) is 0 Å². The standard InChI is InChI=1S/C11H18BrNO2/c1-3-13-10(5-4-7-14-2)11-9(12)6-8-15-11/h6,8,10,13H,3-5,7H2,1-2H3. The molecule has 0 bridgehead atoms. The molecule has 0 aliphatic heterocycles. The quantitative estimate of drug-likeness (QED) is 0.777. The maximum Gasteiger partial charge on any atom is 0.134 e. The molecule has 0 fully saturated rings. The normalized spacial score (nSPS) is 13.0. The third kappa shape index (κ3) is 3.97. The Morgan fingerprint density at radius 2 is 2.40 bits per heavy atom. The van der Waals surface area contributed by atoms with Crippen LogP contribution in [-0.4, -0.2) is 20.3 Å². The van der Waals surface area contributed by atoms with E-state index in [1.807, 2.05) is 6.07 Å². The highest BCUT2D eigenvalue weighted by Gasteiger charge is 2.16. The van der Waals surface area contributed by atoms with Crippen LogP contribution in [-0.2, 0) is 4.74 Å². The Morgan fingerprint density at radius 3 is 2.93 bits per heavy atom. The van der Waals surface area contributed by atoms with Gasteiger partial charge in [0.15, 0.2) is 0 Å². The number of ether oxygens (including phenoxy) is 1. The summed E-state index contributed by atoms with van der Waals surface area (Å²) in [5.41, 5.74) is 0. The molecule has 86 valence electrons. The molecule has 0 radical (unpaired) electrons. The van der Waals surface area contributed by atoms with Crippen molar-refractivity contribution >= 4 is 15.9 Å². The van der Waals surface area contributed by atoms with Crippen LogP contribution in [0.5, 0.6) is 0 Å². The summed E-state index contributed by atoms with van der Waals surface area (Å²) in [4.78, 5) is 0. The molecule has 0 amide bonds. The van der Waals surface area contributed by atoms with E-state index in [4.69, 9.17) is 9.15 Å². The van der Waals surface area contributed by atoms with Crippen molar-refractivity contribution < 1.29 is 9.15 Å². The molecule has 1 N–H and O–H groups in total. The maximum atomic E-state index is 5.46. The fourth-order valence-electron chi connectivity index (χ4n) is 1.56. The Labute approximate surface area is 99.3 Å². The summed E-state index contributed by atoms with van der Waals surface area (Å²) in [7, 11) is 1.73. The van der Waals surface area contributed by atoms with Crippen LogP contribution in [0.3, 0.4) is 0 Å². The van der Waals surface area contributed by atoms with Crippen LogP contribution in [0.2, 0.25) is 0 Å². The van der Waals surface area contributed by atoms with E-state index >= 15 is 0 Å². The van der Waals surface area contributed by atoms with E-state index in [-0.39, 0.29) is 6.04 Å². The minimum atomic E-state index is 0.273. The van der Waals surface area contributed by atoms with E-state index in [1.165, 1.54) is 0 Å². The van der Waals surface area contributed by atoms with Gasteiger partial charge in [-0.2, -0.15) is 0 Å². The first-order valence-electron chi connectivity index (χ1n) is 5.24. The van der Waals surface area contributed by atoms with Gasteiger partial charge in [0.25, 0.3) is 0 Å². The molecule has 0 saturated heterocycles.